The molecular weight excluding hydrogens is 452 g/mol. The molecule has 5 heterocycles. The van der Waals surface area contributed by atoms with Gasteiger partial charge >= 0.3 is 0 Å². The first-order valence-electron chi connectivity index (χ1n) is 12.2. The van der Waals surface area contributed by atoms with E-state index in [9.17, 15) is 13.6 Å². The fourth-order valence-corrected chi connectivity index (χ4v) is 5.52. The molecule has 35 heavy (non-hydrogen) atoms. The lowest BCUT2D eigenvalue weighted by Crippen LogP contribution is -2.45. The summed E-state index contributed by atoms with van der Waals surface area (Å²) in [4.78, 5) is 16.1. The van der Waals surface area contributed by atoms with Crippen molar-refractivity contribution >= 4 is 17.4 Å². The molecule has 3 aromatic rings. The molecule has 6 rings (SSSR count). The van der Waals surface area contributed by atoms with Crippen LogP contribution in [-0.2, 0) is 31.2 Å². The zero-order valence-electron chi connectivity index (χ0n) is 20.0. The number of halogens is 2. The number of carbonyl (C=O) groups is 1. The Labute approximate surface area is 202 Å². The van der Waals surface area contributed by atoms with Crippen LogP contribution in [0.1, 0.15) is 48.2 Å². The highest BCUT2D eigenvalue weighted by Crippen LogP contribution is 2.43. The van der Waals surface area contributed by atoms with Gasteiger partial charge in [0.1, 0.15) is 0 Å². The summed E-state index contributed by atoms with van der Waals surface area (Å²) < 4.78 is 32.3. The molecule has 0 saturated carbocycles. The van der Waals surface area contributed by atoms with Crippen LogP contribution >= 0.6 is 0 Å². The van der Waals surface area contributed by atoms with Gasteiger partial charge in [-0.25, -0.2) is 8.78 Å². The first-order chi connectivity index (χ1) is 16.9. The number of fused-ring (bicyclic) bond motifs is 2. The zero-order valence-corrected chi connectivity index (χ0v) is 20.0. The molecule has 1 N–H and O–H groups in total. The molecule has 1 saturated heterocycles. The van der Waals surface area contributed by atoms with Gasteiger partial charge in [-0.3, -0.25) is 14.2 Å². The molecule has 1 amide bonds. The molecule has 0 unspecified atom stereocenters. The van der Waals surface area contributed by atoms with Crippen LogP contribution in [0.25, 0.3) is 11.1 Å². The van der Waals surface area contributed by atoms with E-state index in [4.69, 9.17) is 5.10 Å². The maximum atomic E-state index is 14.3. The van der Waals surface area contributed by atoms with Crippen molar-refractivity contribution in [2.45, 2.75) is 45.2 Å². The summed E-state index contributed by atoms with van der Waals surface area (Å²) in [5.41, 5.74) is 5.26. The average Bonchev–Trinajstić information content (AvgIpc) is 3.40. The second kappa shape index (κ2) is 8.44. The van der Waals surface area contributed by atoms with Gasteiger partial charge in [-0.1, -0.05) is 0 Å². The van der Waals surface area contributed by atoms with Crippen molar-refractivity contribution in [3.63, 3.8) is 0 Å². The highest BCUT2D eigenvalue weighted by atomic mass is 19.3. The van der Waals surface area contributed by atoms with Gasteiger partial charge in [0.2, 0.25) is 5.91 Å². The normalized spacial score (nSPS) is 18.0. The van der Waals surface area contributed by atoms with E-state index in [1.54, 1.807) is 37.1 Å². The van der Waals surface area contributed by atoms with Gasteiger partial charge in [0, 0.05) is 80.8 Å². The summed E-state index contributed by atoms with van der Waals surface area (Å²) in [5.74, 6) is 0.841. The van der Waals surface area contributed by atoms with Crippen molar-refractivity contribution in [1.82, 2.24) is 29.8 Å². The van der Waals surface area contributed by atoms with Crippen molar-refractivity contribution in [3.05, 3.63) is 46.9 Å². The molecule has 10 heteroatoms. The SMILES string of the molecule is CC(=O)N1CCc2c(c(N3CCCc4cc(-c5cnn(C)c5)c(C(F)F)cc43)nn2C2CNC2)C1. The highest BCUT2D eigenvalue weighted by molar-refractivity contribution is 5.78. The van der Waals surface area contributed by atoms with E-state index in [1.807, 2.05) is 11.0 Å². The minimum Gasteiger partial charge on any atom is -0.338 e. The number of anilines is 2. The number of aromatic nitrogens is 4. The summed E-state index contributed by atoms with van der Waals surface area (Å²) in [7, 11) is 1.78. The number of amides is 1. The molecule has 0 spiro atoms. The Hall–Kier alpha value is -3.27. The fourth-order valence-electron chi connectivity index (χ4n) is 5.52. The molecule has 0 radical (unpaired) electrons. The van der Waals surface area contributed by atoms with Crippen LogP contribution in [-0.4, -0.2) is 56.5 Å². The van der Waals surface area contributed by atoms with Crippen LogP contribution in [0.2, 0.25) is 0 Å². The molecule has 2 aromatic heterocycles. The summed E-state index contributed by atoms with van der Waals surface area (Å²) in [6, 6.07) is 3.83. The average molecular weight is 482 g/mol. The minimum absolute atomic E-state index is 0.00510. The van der Waals surface area contributed by atoms with Crippen LogP contribution in [0, 0.1) is 0 Å². The molecule has 0 aliphatic carbocycles. The topological polar surface area (TPSA) is 71.2 Å². The van der Waals surface area contributed by atoms with Crippen LogP contribution in [0.3, 0.4) is 0 Å². The number of hydrogen-bond acceptors (Lipinski definition) is 5. The molecule has 8 nitrogen and oxygen atoms in total. The molecule has 1 aromatic carbocycles. The maximum absolute atomic E-state index is 14.3. The Bertz CT molecular complexity index is 1290. The van der Waals surface area contributed by atoms with E-state index in [0.29, 0.717) is 30.8 Å². The zero-order chi connectivity index (χ0) is 24.3. The van der Waals surface area contributed by atoms with E-state index >= 15 is 0 Å². The number of alkyl halides is 2. The number of nitrogens with one attached hydrogen (secondary N) is 1. The molecular formula is C25H29F2N7O. The Balaban J connectivity index is 1.47. The van der Waals surface area contributed by atoms with Gasteiger partial charge in [-0.2, -0.15) is 10.2 Å². The van der Waals surface area contributed by atoms with Crippen LogP contribution in [0.4, 0.5) is 20.3 Å². The number of hydrogen-bond donors (Lipinski definition) is 1. The van der Waals surface area contributed by atoms with E-state index in [2.05, 4.69) is 20.0 Å². The Kier molecular flexibility index (Phi) is 5.36. The molecule has 1 fully saturated rings. The van der Waals surface area contributed by atoms with Gasteiger partial charge < -0.3 is 15.1 Å². The smallest absolute Gasteiger partial charge is 0.264 e. The Morgan fingerprint density at radius 2 is 2.03 bits per heavy atom. The number of aryl methyl sites for hydroxylation is 2. The summed E-state index contributed by atoms with van der Waals surface area (Å²) >= 11 is 0. The third-order valence-corrected chi connectivity index (χ3v) is 7.49. The fraction of sp³-hybridized carbons (Fsp3) is 0.480. The van der Waals surface area contributed by atoms with Crippen molar-refractivity contribution in [3.8, 4) is 11.1 Å². The van der Waals surface area contributed by atoms with Gasteiger partial charge in [-0.15, -0.1) is 0 Å². The predicted octanol–water partition coefficient (Wildman–Crippen LogP) is 3.35. The van der Waals surface area contributed by atoms with Crippen LogP contribution in [0.5, 0.6) is 0 Å². The summed E-state index contributed by atoms with van der Waals surface area (Å²) in [6.45, 7) is 5.20. The number of benzene rings is 1. The van der Waals surface area contributed by atoms with E-state index in [0.717, 1.165) is 60.7 Å². The standard InChI is InChI=1S/C25H29F2N7O/c1-15(35)32-7-5-22-21(14-32)25(30-34(22)18-11-28-12-18)33-6-3-4-16-8-19(17-10-29-31(2)13-17)20(24(26)27)9-23(16)33/h8-10,13,18,24,28H,3-7,11-12,14H2,1-2H3. The lowest BCUT2D eigenvalue weighted by Gasteiger charge is -2.33. The van der Waals surface area contributed by atoms with Crippen molar-refractivity contribution in [2.24, 2.45) is 7.05 Å². The molecule has 0 atom stereocenters. The molecule has 0 bridgehead atoms. The monoisotopic (exact) mass is 481 g/mol. The minimum atomic E-state index is -2.61. The predicted molar refractivity (Wildman–Crippen MR) is 128 cm³/mol. The van der Waals surface area contributed by atoms with Gasteiger partial charge in [0.05, 0.1) is 18.8 Å². The van der Waals surface area contributed by atoms with Crippen molar-refractivity contribution in [1.29, 1.82) is 0 Å². The van der Waals surface area contributed by atoms with Crippen molar-refractivity contribution < 1.29 is 13.6 Å². The highest BCUT2D eigenvalue weighted by Gasteiger charge is 2.34. The van der Waals surface area contributed by atoms with Crippen LogP contribution < -0.4 is 10.2 Å². The molecule has 184 valence electrons. The van der Waals surface area contributed by atoms with E-state index in [-0.39, 0.29) is 17.5 Å². The second-order valence-electron chi connectivity index (χ2n) is 9.72. The van der Waals surface area contributed by atoms with E-state index < -0.39 is 6.43 Å². The molecule has 3 aliphatic heterocycles. The largest absolute Gasteiger partial charge is 0.338 e. The third-order valence-electron chi connectivity index (χ3n) is 7.49. The number of carbonyl (C=O) groups excluding carboxylic acids is 1. The first kappa shape index (κ1) is 22.2. The molecule has 3 aliphatic rings. The second-order valence-corrected chi connectivity index (χ2v) is 9.72. The summed E-state index contributed by atoms with van der Waals surface area (Å²) in [6.07, 6.45) is 3.26. The van der Waals surface area contributed by atoms with Crippen molar-refractivity contribution in [2.75, 3.05) is 31.1 Å². The van der Waals surface area contributed by atoms with Crippen LogP contribution in [0.15, 0.2) is 24.5 Å². The quantitative estimate of drug-likeness (QED) is 0.619. The Morgan fingerprint density at radius 1 is 1.20 bits per heavy atom. The third kappa shape index (κ3) is 3.71. The van der Waals surface area contributed by atoms with Gasteiger partial charge in [-0.05, 0) is 36.1 Å². The number of rotatable bonds is 4. The first-order valence-corrected chi connectivity index (χ1v) is 12.2. The van der Waals surface area contributed by atoms with E-state index in [1.165, 1.54) is 0 Å². The maximum Gasteiger partial charge on any atom is 0.264 e. The van der Waals surface area contributed by atoms with Gasteiger partial charge in [0.15, 0.2) is 5.82 Å². The van der Waals surface area contributed by atoms with Gasteiger partial charge in [0.25, 0.3) is 6.43 Å². The Morgan fingerprint density at radius 3 is 2.69 bits per heavy atom. The number of nitrogens with zero attached hydrogens (tertiary/aromatic N) is 6. The summed E-state index contributed by atoms with van der Waals surface area (Å²) in [5, 5.41) is 12.5. The lowest BCUT2D eigenvalue weighted by atomic mass is 9.92. The lowest BCUT2D eigenvalue weighted by molar-refractivity contribution is -0.129.